The van der Waals surface area contributed by atoms with E-state index in [2.05, 4.69) is 0 Å². The fourth-order valence-electron chi connectivity index (χ4n) is 3.93. The van der Waals surface area contributed by atoms with E-state index in [4.69, 9.17) is 24.3 Å². The van der Waals surface area contributed by atoms with Crippen molar-refractivity contribution in [2.75, 3.05) is 14.2 Å². The van der Waals surface area contributed by atoms with Crippen LogP contribution in [-0.2, 0) is 16.0 Å². The molecule has 1 aliphatic carbocycles. The second-order valence-corrected chi connectivity index (χ2v) is 7.50. The van der Waals surface area contributed by atoms with E-state index in [0.717, 1.165) is 22.4 Å². The van der Waals surface area contributed by atoms with E-state index in [1.165, 1.54) is 6.92 Å². The molecule has 1 atom stereocenters. The topological polar surface area (TPSA) is 95.0 Å². The number of carboxylic acid groups (broad SMARTS) is 1. The zero-order chi connectivity index (χ0) is 22.8. The average molecular weight is 433 g/mol. The largest absolute Gasteiger partial charge is 0.493 e. The number of esters is 1. The summed E-state index contributed by atoms with van der Waals surface area (Å²) in [5, 5.41) is 9.81. The lowest BCUT2D eigenvalue weighted by atomic mass is 10.0. The maximum absolute atomic E-state index is 13.0. The summed E-state index contributed by atoms with van der Waals surface area (Å²) in [5.41, 5.74) is 4.45. The molecule has 3 aromatic rings. The number of methoxy groups -OCH3 is 2. The Bertz CT molecular complexity index is 1250. The van der Waals surface area contributed by atoms with Crippen molar-refractivity contribution in [3.05, 3.63) is 64.8 Å². The van der Waals surface area contributed by atoms with Crippen molar-refractivity contribution < 1.29 is 28.9 Å². The van der Waals surface area contributed by atoms with Gasteiger partial charge in [0.15, 0.2) is 17.6 Å². The average Bonchev–Trinajstić information content (AvgIpc) is 3.18. The summed E-state index contributed by atoms with van der Waals surface area (Å²) in [6, 6.07) is 13.0. The minimum Gasteiger partial charge on any atom is -0.493 e. The molecule has 0 spiro atoms. The molecule has 7 heteroatoms. The first-order valence-electron chi connectivity index (χ1n) is 10.2. The van der Waals surface area contributed by atoms with Crippen molar-refractivity contribution in [2.45, 2.75) is 25.9 Å². The Labute approximate surface area is 185 Å². The highest BCUT2D eigenvalue weighted by atomic mass is 16.6. The molecule has 1 aliphatic rings. The summed E-state index contributed by atoms with van der Waals surface area (Å²) in [6.45, 7) is 1.34. The summed E-state index contributed by atoms with van der Waals surface area (Å²) >= 11 is 0. The molecule has 4 rings (SSSR count). The van der Waals surface area contributed by atoms with Gasteiger partial charge in [0.05, 0.1) is 31.0 Å². The quantitative estimate of drug-likeness (QED) is 0.577. The van der Waals surface area contributed by atoms with E-state index >= 15 is 0 Å². The first-order chi connectivity index (χ1) is 15.4. The van der Waals surface area contributed by atoms with Crippen LogP contribution in [0, 0.1) is 0 Å². The zero-order valence-corrected chi connectivity index (χ0v) is 18.0. The third kappa shape index (κ3) is 3.89. The van der Waals surface area contributed by atoms with Gasteiger partial charge in [-0.15, -0.1) is 0 Å². The number of nitrogens with zero attached hydrogens (tertiary/aromatic N) is 1. The van der Waals surface area contributed by atoms with Crippen molar-refractivity contribution in [3.8, 4) is 11.5 Å². The molecule has 2 aromatic carbocycles. The fraction of sp³-hybridized carbons (Fsp3) is 0.240. The van der Waals surface area contributed by atoms with Gasteiger partial charge in [0.25, 0.3) is 0 Å². The number of hydrogen-bond acceptors (Lipinski definition) is 6. The van der Waals surface area contributed by atoms with Crippen molar-refractivity contribution in [3.63, 3.8) is 0 Å². The molecule has 0 fully saturated rings. The maximum Gasteiger partial charge on any atom is 0.344 e. The number of rotatable bonds is 6. The molecule has 0 saturated heterocycles. The van der Waals surface area contributed by atoms with Gasteiger partial charge in [0.2, 0.25) is 0 Å². The van der Waals surface area contributed by atoms with E-state index in [-0.39, 0.29) is 0 Å². The van der Waals surface area contributed by atoms with Crippen LogP contribution in [0.3, 0.4) is 0 Å². The lowest BCUT2D eigenvalue weighted by Gasteiger charge is -2.14. The SMILES string of the molecule is COc1ccc(/C=C2\CCc3c2nc2ccccc2c3C(=O)O[C@H](C)C(=O)O)cc1OC. The standard InChI is InChI=1S/C25H23NO6/c1-14(24(27)28)32-25(29)22-17-6-4-5-7-19(17)26-23-16(9-10-18(22)23)12-15-8-11-20(30-2)21(13-15)31-3/h4-8,11-14H,9-10H2,1-3H3,(H,27,28)/b16-12+/t14-/m1/s1. The number of para-hydroxylation sites is 1. The molecule has 0 unspecified atom stereocenters. The zero-order valence-electron chi connectivity index (χ0n) is 18.0. The number of carboxylic acids is 1. The monoisotopic (exact) mass is 433 g/mol. The Hall–Kier alpha value is -3.87. The van der Waals surface area contributed by atoms with Crippen LogP contribution in [0.15, 0.2) is 42.5 Å². The van der Waals surface area contributed by atoms with Gasteiger partial charge in [-0.1, -0.05) is 24.3 Å². The van der Waals surface area contributed by atoms with Crippen molar-refractivity contribution in [2.24, 2.45) is 0 Å². The summed E-state index contributed by atoms with van der Waals surface area (Å²) in [4.78, 5) is 29.0. The molecule has 0 saturated carbocycles. The normalized spacial score (nSPS) is 14.8. The molecule has 1 heterocycles. The molecule has 1 N–H and O–H groups in total. The van der Waals surface area contributed by atoms with E-state index in [0.29, 0.717) is 40.8 Å². The van der Waals surface area contributed by atoms with Crippen molar-refractivity contribution in [1.82, 2.24) is 4.98 Å². The van der Waals surface area contributed by atoms with Gasteiger partial charge < -0.3 is 19.3 Å². The Morgan fingerprint density at radius 1 is 1.06 bits per heavy atom. The van der Waals surface area contributed by atoms with Crippen LogP contribution in [0.25, 0.3) is 22.6 Å². The highest BCUT2D eigenvalue weighted by molar-refractivity contribution is 6.07. The number of pyridine rings is 1. The Morgan fingerprint density at radius 3 is 2.53 bits per heavy atom. The van der Waals surface area contributed by atoms with Crippen LogP contribution in [0.2, 0.25) is 0 Å². The number of ether oxygens (including phenoxy) is 3. The third-order valence-corrected chi connectivity index (χ3v) is 5.53. The Kier molecular flexibility index (Phi) is 5.81. The minimum atomic E-state index is -1.24. The number of carbonyl (C=O) groups excluding carboxylic acids is 1. The molecule has 7 nitrogen and oxygen atoms in total. The molecule has 0 bridgehead atoms. The van der Waals surface area contributed by atoms with Gasteiger partial charge in [-0.05, 0) is 60.7 Å². The first-order valence-corrected chi connectivity index (χ1v) is 10.2. The van der Waals surface area contributed by atoms with E-state index < -0.39 is 18.0 Å². The van der Waals surface area contributed by atoms with Crippen molar-refractivity contribution in [1.29, 1.82) is 0 Å². The minimum absolute atomic E-state index is 0.384. The second-order valence-electron chi connectivity index (χ2n) is 7.50. The lowest BCUT2D eigenvalue weighted by molar-refractivity contribution is -0.146. The third-order valence-electron chi connectivity index (χ3n) is 5.53. The number of hydrogen-bond donors (Lipinski definition) is 1. The highest BCUT2D eigenvalue weighted by Gasteiger charge is 2.29. The molecule has 164 valence electrons. The van der Waals surface area contributed by atoms with Crippen LogP contribution in [-0.4, -0.2) is 42.4 Å². The van der Waals surface area contributed by atoms with Gasteiger partial charge in [-0.3, -0.25) is 0 Å². The first kappa shape index (κ1) is 21.4. The van der Waals surface area contributed by atoms with E-state index in [1.807, 2.05) is 42.5 Å². The van der Waals surface area contributed by atoms with Crippen LogP contribution >= 0.6 is 0 Å². The predicted octanol–water partition coefficient (Wildman–Crippen LogP) is 4.37. The van der Waals surface area contributed by atoms with Gasteiger partial charge in [-0.2, -0.15) is 0 Å². The summed E-state index contributed by atoms with van der Waals surface area (Å²) in [5.74, 6) is -0.578. The molecule has 32 heavy (non-hydrogen) atoms. The van der Waals surface area contributed by atoms with Gasteiger partial charge in [0.1, 0.15) is 0 Å². The molecule has 0 radical (unpaired) electrons. The van der Waals surface area contributed by atoms with Crippen LogP contribution in [0.1, 0.15) is 40.5 Å². The number of benzene rings is 2. The second kappa shape index (κ2) is 8.70. The maximum atomic E-state index is 13.0. The predicted molar refractivity (Wildman–Crippen MR) is 120 cm³/mol. The molecule has 0 amide bonds. The fourth-order valence-corrected chi connectivity index (χ4v) is 3.93. The molecule has 1 aromatic heterocycles. The lowest BCUT2D eigenvalue weighted by Crippen LogP contribution is -2.24. The number of aliphatic carboxylic acids is 1. The number of fused-ring (bicyclic) bond motifs is 2. The molecule has 0 aliphatic heterocycles. The Morgan fingerprint density at radius 2 is 1.81 bits per heavy atom. The van der Waals surface area contributed by atoms with E-state index in [9.17, 15) is 9.59 Å². The number of aromatic nitrogens is 1. The van der Waals surface area contributed by atoms with Crippen LogP contribution in [0.5, 0.6) is 11.5 Å². The van der Waals surface area contributed by atoms with Crippen LogP contribution in [0.4, 0.5) is 0 Å². The van der Waals surface area contributed by atoms with Gasteiger partial charge in [-0.25, -0.2) is 14.6 Å². The van der Waals surface area contributed by atoms with Crippen LogP contribution < -0.4 is 9.47 Å². The smallest absolute Gasteiger partial charge is 0.344 e. The number of allylic oxidation sites excluding steroid dienone is 1. The Balaban J connectivity index is 1.82. The summed E-state index contributed by atoms with van der Waals surface area (Å²) in [7, 11) is 3.17. The summed E-state index contributed by atoms with van der Waals surface area (Å²) in [6.07, 6.45) is 2.08. The number of carbonyl (C=O) groups is 2. The highest BCUT2D eigenvalue weighted by Crippen LogP contribution is 2.38. The van der Waals surface area contributed by atoms with Gasteiger partial charge in [0, 0.05) is 5.39 Å². The summed E-state index contributed by atoms with van der Waals surface area (Å²) < 4.78 is 15.9. The molecular weight excluding hydrogens is 410 g/mol. The molecular formula is C25H23NO6. The van der Waals surface area contributed by atoms with Gasteiger partial charge >= 0.3 is 11.9 Å². The van der Waals surface area contributed by atoms with E-state index in [1.54, 1.807) is 20.3 Å². The van der Waals surface area contributed by atoms with Crippen molar-refractivity contribution >= 4 is 34.5 Å².